The molecule has 0 aliphatic carbocycles. The van der Waals surface area contributed by atoms with Crippen LogP contribution < -0.4 is 0 Å². The molecule has 166 valence electrons. The Labute approximate surface area is 177 Å². The monoisotopic (exact) mass is 435 g/mol. The molecule has 1 unspecified atom stereocenters. The summed E-state index contributed by atoms with van der Waals surface area (Å²) in [5.41, 5.74) is 2.67. The predicted octanol–water partition coefficient (Wildman–Crippen LogP) is 3.95. The van der Waals surface area contributed by atoms with Crippen molar-refractivity contribution >= 4 is 16.7 Å². The Bertz CT molecular complexity index is 1010. The lowest BCUT2D eigenvalue weighted by molar-refractivity contribution is -0.192. The minimum atomic E-state index is -5.08. The lowest BCUT2D eigenvalue weighted by atomic mass is 10.0. The van der Waals surface area contributed by atoms with Gasteiger partial charge >= 0.3 is 12.1 Å². The van der Waals surface area contributed by atoms with Crippen LogP contribution in [0.2, 0.25) is 0 Å². The molecule has 0 saturated heterocycles. The number of aliphatic carboxylic acids is 1. The number of nitrogens with zero attached hydrogens (tertiary/aromatic N) is 3. The number of aromatic nitrogens is 2. The van der Waals surface area contributed by atoms with Gasteiger partial charge < -0.3 is 14.4 Å². The fraction of sp³-hybridized carbons (Fsp3) is 0.364. The minimum Gasteiger partial charge on any atom is -0.475 e. The molecule has 0 spiro atoms. The van der Waals surface area contributed by atoms with Crippen LogP contribution in [0, 0.1) is 5.92 Å². The van der Waals surface area contributed by atoms with E-state index in [0.717, 1.165) is 32.8 Å². The van der Waals surface area contributed by atoms with Crippen LogP contribution in [0.1, 0.15) is 11.3 Å². The zero-order valence-electron chi connectivity index (χ0n) is 17.0. The van der Waals surface area contributed by atoms with E-state index in [1.54, 1.807) is 7.11 Å². The van der Waals surface area contributed by atoms with Crippen LogP contribution in [0.3, 0.4) is 0 Å². The van der Waals surface area contributed by atoms with Gasteiger partial charge in [-0.15, -0.1) is 0 Å². The molecule has 1 aliphatic rings. The van der Waals surface area contributed by atoms with E-state index in [-0.39, 0.29) is 0 Å². The first-order valence-corrected chi connectivity index (χ1v) is 9.75. The maximum absolute atomic E-state index is 10.6. The van der Waals surface area contributed by atoms with Crippen molar-refractivity contribution in [2.75, 3.05) is 20.3 Å². The fourth-order valence-corrected chi connectivity index (χ4v) is 3.77. The summed E-state index contributed by atoms with van der Waals surface area (Å²) in [5, 5.41) is 9.78. The Morgan fingerprint density at radius 1 is 1.19 bits per heavy atom. The van der Waals surface area contributed by atoms with Crippen LogP contribution in [0.5, 0.6) is 0 Å². The minimum absolute atomic E-state index is 0.487. The largest absolute Gasteiger partial charge is 0.490 e. The molecule has 2 heterocycles. The molecule has 0 bridgehead atoms. The van der Waals surface area contributed by atoms with Crippen molar-refractivity contribution in [1.82, 2.24) is 14.5 Å². The molecule has 6 nitrogen and oxygen atoms in total. The Kier molecular flexibility index (Phi) is 7.29. The topological polar surface area (TPSA) is 67.6 Å². The van der Waals surface area contributed by atoms with E-state index >= 15 is 0 Å². The van der Waals surface area contributed by atoms with Crippen LogP contribution >= 0.6 is 0 Å². The van der Waals surface area contributed by atoms with Crippen molar-refractivity contribution < 1.29 is 27.8 Å². The second-order valence-corrected chi connectivity index (χ2v) is 7.47. The smallest absolute Gasteiger partial charge is 0.475 e. The summed E-state index contributed by atoms with van der Waals surface area (Å²) in [7, 11) is 1.79. The van der Waals surface area contributed by atoms with Gasteiger partial charge in [0.2, 0.25) is 0 Å². The second kappa shape index (κ2) is 9.93. The fourth-order valence-electron chi connectivity index (χ4n) is 3.77. The molecule has 0 saturated carbocycles. The Hall–Kier alpha value is -2.91. The van der Waals surface area contributed by atoms with Gasteiger partial charge in [0.1, 0.15) is 0 Å². The number of methoxy groups -OCH3 is 1. The summed E-state index contributed by atoms with van der Waals surface area (Å²) >= 11 is 0. The average molecular weight is 435 g/mol. The predicted molar refractivity (Wildman–Crippen MR) is 109 cm³/mol. The molecule has 4 rings (SSSR count). The number of imidazole rings is 1. The summed E-state index contributed by atoms with van der Waals surface area (Å²) in [6, 6.07) is 15.2. The van der Waals surface area contributed by atoms with E-state index in [9.17, 15) is 13.2 Å². The molecule has 2 aromatic carbocycles. The van der Waals surface area contributed by atoms with Crippen molar-refractivity contribution in [3.05, 3.63) is 66.2 Å². The van der Waals surface area contributed by atoms with E-state index in [4.69, 9.17) is 14.6 Å². The van der Waals surface area contributed by atoms with Crippen LogP contribution in [0.15, 0.2) is 55.0 Å². The van der Waals surface area contributed by atoms with Gasteiger partial charge in [-0.2, -0.15) is 13.2 Å². The Balaban J connectivity index is 0.000000339. The number of hydrogen-bond donors (Lipinski definition) is 1. The highest BCUT2D eigenvalue weighted by Gasteiger charge is 2.38. The first-order valence-electron chi connectivity index (χ1n) is 9.75. The number of benzene rings is 2. The molecule has 1 N–H and O–H groups in total. The maximum atomic E-state index is 10.6. The molecular weight excluding hydrogens is 411 g/mol. The lowest BCUT2D eigenvalue weighted by Gasteiger charge is -2.24. The number of fused-ring (bicyclic) bond motifs is 2. The van der Waals surface area contributed by atoms with Crippen LogP contribution in [-0.4, -0.2) is 52.0 Å². The van der Waals surface area contributed by atoms with Crippen molar-refractivity contribution in [2.45, 2.75) is 25.8 Å². The first kappa shape index (κ1) is 22.8. The molecule has 1 aliphatic heterocycles. The van der Waals surface area contributed by atoms with Crippen molar-refractivity contribution in [1.29, 1.82) is 0 Å². The van der Waals surface area contributed by atoms with E-state index in [2.05, 4.69) is 56.9 Å². The Morgan fingerprint density at radius 2 is 1.90 bits per heavy atom. The molecule has 3 aromatic rings. The summed E-state index contributed by atoms with van der Waals surface area (Å²) in [5.74, 6) is -2.27. The number of alkyl halides is 3. The normalized spacial score (nSPS) is 16.8. The molecule has 0 fully saturated rings. The third-order valence-corrected chi connectivity index (χ3v) is 5.07. The highest BCUT2D eigenvalue weighted by Crippen LogP contribution is 2.23. The summed E-state index contributed by atoms with van der Waals surface area (Å²) in [6.45, 7) is 4.69. The highest BCUT2D eigenvalue weighted by atomic mass is 19.4. The van der Waals surface area contributed by atoms with Crippen molar-refractivity contribution in [3.8, 4) is 0 Å². The molecule has 0 radical (unpaired) electrons. The van der Waals surface area contributed by atoms with E-state index in [1.165, 1.54) is 22.0 Å². The summed E-state index contributed by atoms with van der Waals surface area (Å²) in [6.07, 6.45) is -1.15. The Morgan fingerprint density at radius 3 is 2.61 bits per heavy atom. The SMILES string of the molecule is COCC1CN(Cc2cccc3ccccc23)Cc2cncn2C1.O=C(O)C(F)(F)F. The molecule has 9 heteroatoms. The second-order valence-electron chi connectivity index (χ2n) is 7.47. The maximum Gasteiger partial charge on any atom is 0.490 e. The zero-order valence-corrected chi connectivity index (χ0v) is 17.0. The van der Waals surface area contributed by atoms with E-state index < -0.39 is 12.1 Å². The number of hydrogen-bond acceptors (Lipinski definition) is 4. The molecular formula is C22H24F3N3O3. The van der Waals surface area contributed by atoms with Gasteiger partial charge in [0.25, 0.3) is 0 Å². The van der Waals surface area contributed by atoms with Gasteiger partial charge in [-0.1, -0.05) is 42.5 Å². The highest BCUT2D eigenvalue weighted by molar-refractivity contribution is 5.85. The number of rotatable bonds is 4. The van der Waals surface area contributed by atoms with Crippen molar-refractivity contribution in [2.24, 2.45) is 5.92 Å². The molecule has 1 atom stereocenters. The van der Waals surface area contributed by atoms with Gasteiger partial charge in [-0.05, 0) is 16.3 Å². The zero-order chi connectivity index (χ0) is 22.4. The van der Waals surface area contributed by atoms with Gasteiger partial charge in [-0.25, -0.2) is 9.78 Å². The number of carboxylic acid groups (broad SMARTS) is 1. The molecule has 31 heavy (non-hydrogen) atoms. The molecule has 0 amide bonds. The van der Waals surface area contributed by atoms with Crippen LogP contribution in [0.25, 0.3) is 10.8 Å². The summed E-state index contributed by atoms with van der Waals surface area (Å²) < 4.78 is 39.4. The average Bonchev–Trinajstić information content (AvgIpc) is 3.08. The number of ether oxygens (including phenoxy) is 1. The van der Waals surface area contributed by atoms with Gasteiger partial charge in [0, 0.05) is 45.4 Å². The number of carboxylic acids is 1. The quantitative estimate of drug-likeness (QED) is 0.672. The van der Waals surface area contributed by atoms with Gasteiger partial charge in [-0.3, -0.25) is 4.90 Å². The third-order valence-electron chi connectivity index (χ3n) is 5.07. The molecule has 1 aromatic heterocycles. The first-order chi connectivity index (χ1) is 14.8. The van der Waals surface area contributed by atoms with Crippen LogP contribution in [-0.2, 0) is 29.2 Å². The standard InChI is InChI=1S/C20H23N3O.C2HF3O2/c1-24-14-16-10-22(13-19-9-21-15-23(19)11-16)12-18-7-4-6-17-5-2-3-8-20(17)18;3-2(4,5)1(6)7/h2-9,15-16H,10-14H2,1H3;(H,6,7). The van der Waals surface area contributed by atoms with Crippen molar-refractivity contribution in [3.63, 3.8) is 0 Å². The van der Waals surface area contributed by atoms with E-state index in [1.807, 2.05) is 12.5 Å². The lowest BCUT2D eigenvalue weighted by Crippen LogP contribution is -2.29. The van der Waals surface area contributed by atoms with E-state index in [0.29, 0.717) is 5.92 Å². The number of carbonyl (C=O) groups is 1. The van der Waals surface area contributed by atoms with Gasteiger partial charge in [0.05, 0.1) is 18.6 Å². The number of halogens is 3. The summed E-state index contributed by atoms with van der Waals surface area (Å²) in [4.78, 5) is 15.7. The van der Waals surface area contributed by atoms with Crippen LogP contribution in [0.4, 0.5) is 13.2 Å². The third kappa shape index (κ3) is 6.05. The van der Waals surface area contributed by atoms with Gasteiger partial charge in [0.15, 0.2) is 0 Å².